The minimum absolute atomic E-state index is 0.0843. The van der Waals surface area contributed by atoms with Crippen LogP contribution in [0.4, 0.5) is 0 Å². The quantitative estimate of drug-likeness (QED) is 0.553. The minimum Gasteiger partial charge on any atom is -0.356 e. The summed E-state index contributed by atoms with van der Waals surface area (Å²) in [5.74, 6) is 1.56. The molecule has 1 aromatic heterocycles. The van der Waals surface area contributed by atoms with Crippen LogP contribution in [0, 0.1) is 3.57 Å². The number of fused-ring (bicyclic) bond motifs is 1. The van der Waals surface area contributed by atoms with Gasteiger partial charge in [0.1, 0.15) is 5.82 Å². The van der Waals surface area contributed by atoms with Crippen molar-refractivity contribution in [1.29, 1.82) is 0 Å². The summed E-state index contributed by atoms with van der Waals surface area (Å²) in [6, 6.07) is 6.18. The summed E-state index contributed by atoms with van der Waals surface area (Å²) in [4.78, 5) is 16.4. The minimum atomic E-state index is 0.0843. The Morgan fingerprint density at radius 3 is 3.00 bits per heavy atom. The molecule has 0 aliphatic carbocycles. The molecule has 114 valence electrons. The predicted octanol–water partition coefficient (Wildman–Crippen LogP) is 3.34. The maximum absolute atomic E-state index is 11.8. The van der Waals surface area contributed by atoms with Gasteiger partial charge >= 0.3 is 0 Å². The Kier molecular flexibility index (Phi) is 6.29. The van der Waals surface area contributed by atoms with Gasteiger partial charge in [0.15, 0.2) is 0 Å². The van der Waals surface area contributed by atoms with Gasteiger partial charge in [0.05, 0.1) is 11.0 Å². The van der Waals surface area contributed by atoms with Gasteiger partial charge in [-0.3, -0.25) is 4.79 Å². The van der Waals surface area contributed by atoms with E-state index in [0.717, 1.165) is 33.4 Å². The van der Waals surface area contributed by atoms with E-state index in [0.29, 0.717) is 25.3 Å². The van der Waals surface area contributed by atoms with Crippen LogP contribution in [0.2, 0.25) is 0 Å². The van der Waals surface area contributed by atoms with E-state index >= 15 is 0 Å². The first-order valence-corrected chi connectivity index (χ1v) is 8.74. The molecule has 0 aliphatic heterocycles. The van der Waals surface area contributed by atoms with Gasteiger partial charge in [0.25, 0.3) is 0 Å². The van der Waals surface area contributed by atoms with Gasteiger partial charge < -0.3 is 9.88 Å². The fraction of sp³-hybridized carbons (Fsp3) is 0.467. The lowest BCUT2D eigenvalue weighted by Gasteiger charge is -2.09. The van der Waals surface area contributed by atoms with Gasteiger partial charge in [-0.25, -0.2) is 4.98 Å². The fourth-order valence-electron chi connectivity index (χ4n) is 2.24. The van der Waals surface area contributed by atoms with E-state index in [1.54, 1.807) is 0 Å². The fourth-order valence-corrected chi connectivity index (χ4v) is 2.89. The summed E-state index contributed by atoms with van der Waals surface area (Å²) in [6.07, 6.45) is 2.13. The van der Waals surface area contributed by atoms with Crippen molar-refractivity contribution in [3.8, 4) is 0 Å². The molecular formula is C15H19ClIN3O. The molecule has 0 spiro atoms. The molecular weight excluding hydrogens is 401 g/mol. The monoisotopic (exact) mass is 419 g/mol. The number of amides is 1. The first-order chi connectivity index (χ1) is 10.2. The number of hydrogen-bond acceptors (Lipinski definition) is 2. The molecule has 0 unspecified atom stereocenters. The third-order valence-electron chi connectivity index (χ3n) is 3.24. The van der Waals surface area contributed by atoms with Crippen LogP contribution in [-0.4, -0.2) is 27.9 Å². The molecule has 0 bridgehead atoms. The number of imidazole rings is 1. The largest absolute Gasteiger partial charge is 0.356 e. The van der Waals surface area contributed by atoms with E-state index in [9.17, 15) is 4.79 Å². The van der Waals surface area contributed by atoms with E-state index in [4.69, 9.17) is 11.6 Å². The van der Waals surface area contributed by atoms with E-state index in [1.165, 1.54) is 0 Å². The number of aromatic nitrogens is 2. The molecule has 1 amide bonds. The Labute approximate surface area is 143 Å². The maximum atomic E-state index is 11.8. The summed E-state index contributed by atoms with van der Waals surface area (Å²) in [5.41, 5.74) is 2.04. The van der Waals surface area contributed by atoms with Crippen molar-refractivity contribution in [1.82, 2.24) is 14.9 Å². The van der Waals surface area contributed by atoms with Crippen LogP contribution in [0.1, 0.15) is 25.6 Å². The number of carbonyl (C=O) groups is 1. The molecule has 1 N–H and O–H groups in total. The molecule has 0 saturated heterocycles. The second-order valence-electron chi connectivity index (χ2n) is 4.85. The molecule has 0 atom stereocenters. The van der Waals surface area contributed by atoms with Crippen molar-refractivity contribution < 1.29 is 4.79 Å². The first-order valence-electron chi connectivity index (χ1n) is 7.13. The van der Waals surface area contributed by atoms with Crippen LogP contribution in [0.15, 0.2) is 18.2 Å². The van der Waals surface area contributed by atoms with Crippen LogP contribution in [0.5, 0.6) is 0 Å². The predicted molar refractivity (Wildman–Crippen MR) is 94.8 cm³/mol. The van der Waals surface area contributed by atoms with Gasteiger partial charge in [0, 0.05) is 35.4 Å². The van der Waals surface area contributed by atoms with Crippen molar-refractivity contribution in [3.63, 3.8) is 0 Å². The highest BCUT2D eigenvalue weighted by Gasteiger charge is 2.12. The van der Waals surface area contributed by atoms with Crippen LogP contribution < -0.4 is 5.32 Å². The summed E-state index contributed by atoms with van der Waals surface area (Å²) < 4.78 is 3.27. The van der Waals surface area contributed by atoms with Crippen LogP contribution >= 0.6 is 34.2 Å². The van der Waals surface area contributed by atoms with E-state index < -0.39 is 0 Å². The Balaban J connectivity index is 2.20. The smallest absolute Gasteiger partial charge is 0.221 e. The van der Waals surface area contributed by atoms with Crippen LogP contribution in [-0.2, 0) is 17.8 Å². The molecule has 0 fully saturated rings. The third-order valence-corrected chi connectivity index (χ3v) is 4.10. The Morgan fingerprint density at radius 1 is 1.48 bits per heavy atom. The summed E-state index contributed by atoms with van der Waals surface area (Å²) in [7, 11) is 0. The summed E-state index contributed by atoms with van der Waals surface area (Å²) >= 11 is 8.14. The highest BCUT2D eigenvalue weighted by molar-refractivity contribution is 14.1. The average molecular weight is 420 g/mol. The summed E-state index contributed by atoms with van der Waals surface area (Å²) in [6.45, 7) is 3.42. The first kappa shape index (κ1) is 16.5. The highest BCUT2D eigenvalue weighted by Crippen LogP contribution is 2.20. The molecule has 2 rings (SSSR count). The van der Waals surface area contributed by atoms with Crippen LogP contribution in [0.25, 0.3) is 11.0 Å². The number of rotatable bonds is 7. The molecule has 0 saturated carbocycles. The van der Waals surface area contributed by atoms with Gasteiger partial charge in [-0.1, -0.05) is 6.92 Å². The highest BCUT2D eigenvalue weighted by atomic mass is 127. The number of alkyl halides is 1. The normalized spacial score (nSPS) is 11.0. The standard InChI is InChI=1S/C15H19ClIN3O/c1-2-8-18-15(21)6-9-20-13-4-3-11(17)10-12(13)19-14(20)5-7-16/h3-4,10H,2,5-9H2,1H3,(H,18,21). The van der Waals surface area contributed by atoms with Crippen molar-refractivity contribution in [2.45, 2.75) is 32.7 Å². The zero-order valence-electron chi connectivity index (χ0n) is 12.0. The van der Waals surface area contributed by atoms with Gasteiger partial charge in [-0.15, -0.1) is 11.6 Å². The SMILES string of the molecule is CCCNC(=O)CCn1c(CCCl)nc2cc(I)ccc21. The Bertz CT molecular complexity index is 627. The molecule has 1 aromatic carbocycles. The molecule has 2 aromatic rings. The summed E-state index contributed by atoms with van der Waals surface area (Å²) in [5, 5.41) is 2.90. The van der Waals surface area contributed by atoms with E-state index in [-0.39, 0.29) is 5.91 Å². The molecule has 1 heterocycles. The number of benzene rings is 1. The number of hydrogen-bond donors (Lipinski definition) is 1. The molecule has 21 heavy (non-hydrogen) atoms. The van der Waals surface area contributed by atoms with E-state index in [1.807, 2.05) is 6.92 Å². The van der Waals surface area contributed by atoms with Crippen molar-refractivity contribution in [3.05, 3.63) is 27.6 Å². The Hall–Kier alpha value is -0.820. The number of halogens is 2. The molecule has 6 heteroatoms. The lowest BCUT2D eigenvalue weighted by molar-refractivity contribution is -0.121. The Morgan fingerprint density at radius 2 is 2.29 bits per heavy atom. The molecule has 4 nitrogen and oxygen atoms in total. The van der Waals surface area contributed by atoms with Crippen LogP contribution in [0.3, 0.4) is 0 Å². The van der Waals surface area contributed by atoms with Gasteiger partial charge in [-0.05, 0) is 47.2 Å². The number of nitrogens with zero attached hydrogens (tertiary/aromatic N) is 2. The zero-order valence-corrected chi connectivity index (χ0v) is 14.9. The number of carbonyl (C=O) groups excluding carboxylic acids is 1. The van der Waals surface area contributed by atoms with Gasteiger partial charge in [-0.2, -0.15) is 0 Å². The van der Waals surface area contributed by atoms with Crippen molar-refractivity contribution in [2.24, 2.45) is 0 Å². The zero-order chi connectivity index (χ0) is 15.2. The third kappa shape index (κ3) is 4.32. The topological polar surface area (TPSA) is 46.9 Å². The maximum Gasteiger partial charge on any atom is 0.221 e. The number of aryl methyl sites for hydroxylation is 2. The molecule has 0 radical (unpaired) electrons. The lowest BCUT2D eigenvalue weighted by Crippen LogP contribution is -2.25. The second kappa shape index (κ2) is 7.98. The average Bonchev–Trinajstić information content (AvgIpc) is 2.79. The number of nitrogens with one attached hydrogen (secondary N) is 1. The van der Waals surface area contributed by atoms with Gasteiger partial charge in [0.2, 0.25) is 5.91 Å². The van der Waals surface area contributed by atoms with Crippen molar-refractivity contribution in [2.75, 3.05) is 12.4 Å². The van der Waals surface area contributed by atoms with Crippen molar-refractivity contribution >= 4 is 51.1 Å². The second-order valence-corrected chi connectivity index (χ2v) is 6.48. The lowest BCUT2D eigenvalue weighted by atomic mass is 10.3. The van der Waals surface area contributed by atoms with E-state index in [2.05, 4.69) is 55.7 Å². The molecule has 0 aliphatic rings.